The van der Waals surface area contributed by atoms with Gasteiger partial charge >= 0.3 is 0 Å². The van der Waals surface area contributed by atoms with Gasteiger partial charge in [-0.2, -0.15) is 0 Å². The van der Waals surface area contributed by atoms with Crippen molar-refractivity contribution < 1.29 is 0 Å². The summed E-state index contributed by atoms with van der Waals surface area (Å²) >= 11 is 3.61. The van der Waals surface area contributed by atoms with Crippen LogP contribution in [-0.4, -0.2) is 23.1 Å². The maximum absolute atomic E-state index is 4.90. The van der Waals surface area contributed by atoms with E-state index < -0.39 is 0 Å². The minimum atomic E-state index is 0.785. The Bertz CT molecular complexity index is 825. The van der Waals surface area contributed by atoms with Gasteiger partial charge in [0.2, 0.25) is 0 Å². The van der Waals surface area contributed by atoms with Gasteiger partial charge in [-0.05, 0) is 31.0 Å². The van der Waals surface area contributed by atoms with Crippen LogP contribution in [0.2, 0.25) is 0 Å². The quantitative estimate of drug-likeness (QED) is 0.670. The highest BCUT2D eigenvalue weighted by molar-refractivity contribution is 9.10. The highest BCUT2D eigenvalue weighted by Gasteiger charge is 2.19. The zero-order chi connectivity index (χ0) is 14.9. The van der Waals surface area contributed by atoms with Crippen LogP contribution in [0.4, 0.5) is 5.82 Å². The van der Waals surface area contributed by atoms with Gasteiger partial charge in [0.05, 0.1) is 5.52 Å². The summed E-state index contributed by atoms with van der Waals surface area (Å²) in [5, 5.41) is 1.14. The fraction of sp³-hybridized carbons (Fsp3) is 0.222. The molecule has 0 atom stereocenters. The molecule has 0 spiro atoms. The lowest BCUT2D eigenvalue weighted by Gasteiger charge is -2.19. The van der Waals surface area contributed by atoms with Crippen molar-refractivity contribution in [3.63, 3.8) is 0 Å². The molecule has 0 unspecified atom stereocenters. The molecule has 1 saturated heterocycles. The molecule has 0 bridgehead atoms. The van der Waals surface area contributed by atoms with Crippen LogP contribution in [0.3, 0.4) is 0 Å². The van der Waals surface area contributed by atoms with Crippen molar-refractivity contribution in [1.82, 2.24) is 9.97 Å². The first kappa shape index (κ1) is 13.7. The maximum Gasteiger partial charge on any atom is 0.163 e. The zero-order valence-electron chi connectivity index (χ0n) is 12.2. The molecule has 1 aliphatic heterocycles. The summed E-state index contributed by atoms with van der Waals surface area (Å²) < 4.78 is 1.03. The third kappa shape index (κ3) is 2.37. The third-order valence-corrected chi connectivity index (χ3v) is 4.79. The standard InChI is InChI=1S/C18H16BrN3/c19-15-9-3-1-7-13(15)17-20-16-10-4-2-8-14(16)18(21-17)22-11-5-6-12-22/h1-4,7-10H,5-6,11-12H2. The van der Waals surface area contributed by atoms with Crippen molar-refractivity contribution in [2.45, 2.75) is 12.8 Å². The molecule has 22 heavy (non-hydrogen) atoms. The first-order chi connectivity index (χ1) is 10.8. The lowest BCUT2D eigenvalue weighted by molar-refractivity contribution is 0.941. The molecule has 4 rings (SSSR count). The number of anilines is 1. The molecule has 2 aromatic carbocycles. The highest BCUT2D eigenvalue weighted by atomic mass is 79.9. The number of nitrogens with zero attached hydrogens (tertiary/aromatic N) is 3. The van der Waals surface area contributed by atoms with E-state index in [9.17, 15) is 0 Å². The molecule has 0 amide bonds. The number of para-hydroxylation sites is 1. The van der Waals surface area contributed by atoms with E-state index in [0.717, 1.165) is 45.7 Å². The molecule has 1 aliphatic rings. The summed E-state index contributed by atoms with van der Waals surface area (Å²) in [4.78, 5) is 12.0. The van der Waals surface area contributed by atoms with Crippen LogP contribution in [0.5, 0.6) is 0 Å². The summed E-state index contributed by atoms with van der Waals surface area (Å²) in [6.45, 7) is 2.16. The number of halogens is 1. The van der Waals surface area contributed by atoms with Gasteiger partial charge in [-0.25, -0.2) is 9.97 Å². The van der Waals surface area contributed by atoms with E-state index >= 15 is 0 Å². The third-order valence-electron chi connectivity index (χ3n) is 4.10. The summed E-state index contributed by atoms with van der Waals surface area (Å²) in [6, 6.07) is 16.4. The van der Waals surface area contributed by atoms with Crippen molar-refractivity contribution in [2.75, 3.05) is 18.0 Å². The van der Waals surface area contributed by atoms with Gasteiger partial charge in [0.25, 0.3) is 0 Å². The lowest BCUT2D eigenvalue weighted by Crippen LogP contribution is -2.20. The summed E-state index contributed by atoms with van der Waals surface area (Å²) in [7, 11) is 0. The van der Waals surface area contributed by atoms with E-state index in [1.807, 2.05) is 24.3 Å². The van der Waals surface area contributed by atoms with Gasteiger partial charge in [0.1, 0.15) is 5.82 Å². The number of hydrogen-bond acceptors (Lipinski definition) is 3. The smallest absolute Gasteiger partial charge is 0.163 e. The average Bonchev–Trinajstić information content (AvgIpc) is 3.08. The van der Waals surface area contributed by atoms with E-state index in [1.165, 1.54) is 12.8 Å². The van der Waals surface area contributed by atoms with Gasteiger partial charge in [-0.3, -0.25) is 0 Å². The average molecular weight is 354 g/mol. The van der Waals surface area contributed by atoms with E-state index in [4.69, 9.17) is 9.97 Å². The van der Waals surface area contributed by atoms with Crippen molar-refractivity contribution in [2.24, 2.45) is 0 Å². The van der Waals surface area contributed by atoms with Gasteiger partial charge in [0.15, 0.2) is 5.82 Å². The fourth-order valence-electron chi connectivity index (χ4n) is 2.99. The van der Waals surface area contributed by atoms with Crippen molar-refractivity contribution in [3.8, 4) is 11.4 Å². The first-order valence-electron chi connectivity index (χ1n) is 7.59. The predicted octanol–water partition coefficient (Wildman–Crippen LogP) is 4.66. The van der Waals surface area contributed by atoms with Crippen LogP contribution in [0.25, 0.3) is 22.3 Å². The molecule has 0 radical (unpaired) electrons. The number of fused-ring (bicyclic) bond motifs is 1. The Kier molecular flexibility index (Phi) is 3.54. The highest BCUT2D eigenvalue weighted by Crippen LogP contribution is 2.32. The summed E-state index contributed by atoms with van der Waals surface area (Å²) in [5.41, 5.74) is 2.04. The van der Waals surface area contributed by atoms with Crippen LogP contribution in [0.15, 0.2) is 53.0 Å². The van der Waals surface area contributed by atoms with Gasteiger partial charge in [-0.1, -0.05) is 46.3 Å². The fourth-order valence-corrected chi connectivity index (χ4v) is 3.45. The van der Waals surface area contributed by atoms with Crippen LogP contribution < -0.4 is 4.90 Å². The zero-order valence-corrected chi connectivity index (χ0v) is 13.8. The van der Waals surface area contributed by atoms with Crippen LogP contribution in [0, 0.1) is 0 Å². The lowest BCUT2D eigenvalue weighted by atomic mass is 10.1. The second-order valence-electron chi connectivity index (χ2n) is 5.56. The molecule has 2 heterocycles. The van der Waals surface area contributed by atoms with Gasteiger partial charge in [-0.15, -0.1) is 0 Å². The molecule has 1 fully saturated rings. The first-order valence-corrected chi connectivity index (χ1v) is 8.39. The molecule has 0 aliphatic carbocycles. The Labute approximate surface area is 138 Å². The van der Waals surface area contributed by atoms with E-state index in [1.54, 1.807) is 0 Å². The molecule has 0 N–H and O–H groups in total. The maximum atomic E-state index is 4.90. The van der Waals surface area contributed by atoms with Gasteiger partial charge < -0.3 is 4.90 Å². The summed E-state index contributed by atoms with van der Waals surface area (Å²) in [6.07, 6.45) is 2.48. The monoisotopic (exact) mass is 353 g/mol. The molecule has 1 aromatic heterocycles. The molecular weight excluding hydrogens is 338 g/mol. The molecule has 3 nitrogen and oxygen atoms in total. The number of rotatable bonds is 2. The SMILES string of the molecule is Brc1ccccc1-c1nc(N2CCCC2)c2ccccc2n1. The molecule has 3 aromatic rings. The second-order valence-corrected chi connectivity index (χ2v) is 6.42. The summed E-state index contributed by atoms with van der Waals surface area (Å²) in [5.74, 6) is 1.85. The second kappa shape index (κ2) is 5.69. The van der Waals surface area contributed by atoms with Gasteiger partial charge in [0, 0.05) is 28.5 Å². The van der Waals surface area contributed by atoms with E-state index in [0.29, 0.717) is 0 Å². The predicted molar refractivity (Wildman–Crippen MR) is 94.1 cm³/mol. The van der Waals surface area contributed by atoms with E-state index in [2.05, 4.69) is 45.1 Å². The Balaban J connectivity index is 1.95. The van der Waals surface area contributed by atoms with Crippen molar-refractivity contribution >= 4 is 32.7 Å². The Morgan fingerprint density at radius 2 is 1.59 bits per heavy atom. The van der Waals surface area contributed by atoms with Crippen LogP contribution in [-0.2, 0) is 0 Å². The topological polar surface area (TPSA) is 29.0 Å². The van der Waals surface area contributed by atoms with Crippen LogP contribution >= 0.6 is 15.9 Å². The molecule has 4 heteroatoms. The Hall–Kier alpha value is -1.94. The minimum Gasteiger partial charge on any atom is -0.356 e. The van der Waals surface area contributed by atoms with Crippen molar-refractivity contribution in [3.05, 3.63) is 53.0 Å². The van der Waals surface area contributed by atoms with E-state index in [-0.39, 0.29) is 0 Å². The Morgan fingerprint density at radius 3 is 2.41 bits per heavy atom. The molecular formula is C18H16BrN3. The number of hydrogen-bond donors (Lipinski definition) is 0. The van der Waals surface area contributed by atoms with Crippen molar-refractivity contribution in [1.29, 1.82) is 0 Å². The number of aromatic nitrogens is 2. The Morgan fingerprint density at radius 1 is 0.864 bits per heavy atom. The molecule has 0 saturated carbocycles. The minimum absolute atomic E-state index is 0.785. The number of benzene rings is 2. The molecule has 110 valence electrons. The van der Waals surface area contributed by atoms with Crippen LogP contribution in [0.1, 0.15) is 12.8 Å². The normalized spacial score (nSPS) is 14.7. The largest absolute Gasteiger partial charge is 0.356 e.